The van der Waals surface area contributed by atoms with Crippen LogP contribution in [0.25, 0.3) is 10.9 Å². The third-order valence-corrected chi connectivity index (χ3v) is 3.75. The van der Waals surface area contributed by atoms with Gasteiger partial charge in [-0.3, -0.25) is 9.78 Å². The first-order valence-corrected chi connectivity index (χ1v) is 7.04. The van der Waals surface area contributed by atoms with E-state index in [9.17, 15) is 9.18 Å². The van der Waals surface area contributed by atoms with Gasteiger partial charge in [0, 0.05) is 16.1 Å². The number of amides is 1. The molecule has 104 valence electrons. The summed E-state index contributed by atoms with van der Waals surface area (Å²) < 4.78 is 13.8. The fourth-order valence-electron chi connectivity index (χ4n) is 2.07. The predicted octanol–water partition coefficient (Wildman–Crippen LogP) is 4.39. The lowest BCUT2D eigenvalue weighted by Gasteiger charge is -2.09. The Morgan fingerprint density at radius 1 is 1.14 bits per heavy atom. The lowest BCUT2D eigenvalue weighted by atomic mass is 10.1. The van der Waals surface area contributed by atoms with E-state index in [2.05, 4.69) is 26.2 Å². The van der Waals surface area contributed by atoms with Crippen LogP contribution in [0.3, 0.4) is 0 Å². The monoisotopic (exact) mass is 344 g/mol. The molecule has 0 unspecified atom stereocenters. The van der Waals surface area contributed by atoms with Crippen LogP contribution in [0.5, 0.6) is 0 Å². The van der Waals surface area contributed by atoms with E-state index in [1.807, 2.05) is 24.3 Å². The number of hydrogen-bond donors (Lipinski definition) is 1. The molecule has 0 radical (unpaired) electrons. The van der Waals surface area contributed by atoms with Gasteiger partial charge >= 0.3 is 0 Å². The van der Waals surface area contributed by atoms with Gasteiger partial charge in [0.2, 0.25) is 0 Å². The van der Waals surface area contributed by atoms with E-state index in [-0.39, 0.29) is 11.5 Å². The third-order valence-electron chi connectivity index (χ3n) is 3.05. The molecule has 0 spiro atoms. The van der Waals surface area contributed by atoms with Crippen molar-refractivity contribution in [1.82, 2.24) is 4.98 Å². The second-order valence-electron chi connectivity index (χ2n) is 4.46. The molecule has 0 atom stereocenters. The normalized spacial score (nSPS) is 10.6. The van der Waals surface area contributed by atoms with Gasteiger partial charge in [-0.2, -0.15) is 0 Å². The number of hydrogen-bond acceptors (Lipinski definition) is 2. The first kappa shape index (κ1) is 13.7. The average Bonchev–Trinajstić information content (AvgIpc) is 2.50. The number of halogens is 2. The number of carbonyl (C=O) groups excluding carboxylic acids is 1. The highest BCUT2D eigenvalue weighted by molar-refractivity contribution is 9.10. The van der Waals surface area contributed by atoms with E-state index in [1.54, 1.807) is 12.3 Å². The van der Waals surface area contributed by atoms with Crippen molar-refractivity contribution in [2.75, 3.05) is 5.32 Å². The Bertz CT molecular complexity index is 830. The Morgan fingerprint density at radius 2 is 1.95 bits per heavy atom. The van der Waals surface area contributed by atoms with E-state index in [4.69, 9.17) is 0 Å². The van der Waals surface area contributed by atoms with Gasteiger partial charge in [-0.25, -0.2) is 4.39 Å². The number of pyridine rings is 1. The maximum atomic E-state index is 13.3. The van der Waals surface area contributed by atoms with Gasteiger partial charge in [-0.15, -0.1) is 0 Å². The number of aromatic nitrogens is 1. The highest BCUT2D eigenvalue weighted by Crippen LogP contribution is 2.23. The molecule has 3 nitrogen and oxygen atoms in total. The van der Waals surface area contributed by atoms with E-state index in [1.165, 1.54) is 18.2 Å². The molecule has 1 aromatic heterocycles. The fraction of sp³-hybridized carbons (Fsp3) is 0. The number of nitrogens with zero attached hydrogens (tertiary/aromatic N) is 1. The molecular weight excluding hydrogens is 335 g/mol. The molecule has 3 aromatic rings. The van der Waals surface area contributed by atoms with E-state index in [0.29, 0.717) is 15.7 Å². The van der Waals surface area contributed by atoms with Gasteiger partial charge in [0.25, 0.3) is 5.91 Å². The van der Waals surface area contributed by atoms with Crippen molar-refractivity contribution in [3.05, 3.63) is 70.6 Å². The Labute approximate surface area is 128 Å². The van der Waals surface area contributed by atoms with Crippen molar-refractivity contribution in [1.29, 1.82) is 0 Å². The van der Waals surface area contributed by atoms with Crippen LogP contribution in [-0.4, -0.2) is 10.9 Å². The van der Waals surface area contributed by atoms with Gasteiger partial charge in [0.1, 0.15) is 5.82 Å². The van der Waals surface area contributed by atoms with Gasteiger partial charge in [-0.05, 0) is 46.3 Å². The minimum absolute atomic E-state index is 0.239. The second-order valence-corrected chi connectivity index (χ2v) is 5.31. The van der Waals surface area contributed by atoms with Crippen molar-refractivity contribution < 1.29 is 9.18 Å². The molecule has 21 heavy (non-hydrogen) atoms. The summed E-state index contributed by atoms with van der Waals surface area (Å²) in [6.45, 7) is 0. The van der Waals surface area contributed by atoms with Crippen LogP contribution in [0.1, 0.15) is 10.4 Å². The van der Waals surface area contributed by atoms with Crippen LogP contribution in [-0.2, 0) is 0 Å². The summed E-state index contributed by atoms with van der Waals surface area (Å²) in [5.41, 5.74) is 1.53. The van der Waals surface area contributed by atoms with Gasteiger partial charge in [0.15, 0.2) is 0 Å². The van der Waals surface area contributed by atoms with Gasteiger partial charge < -0.3 is 5.32 Å². The Morgan fingerprint density at radius 3 is 2.81 bits per heavy atom. The van der Waals surface area contributed by atoms with Crippen molar-refractivity contribution >= 4 is 38.4 Å². The van der Waals surface area contributed by atoms with Crippen molar-refractivity contribution in [2.24, 2.45) is 0 Å². The van der Waals surface area contributed by atoms with Crippen molar-refractivity contribution in [2.45, 2.75) is 0 Å². The quantitative estimate of drug-likeness (QED) is 0.749. The average molecular weight is 345 g/mol. The smallest absolute Gasteiger partial charge is 0.256 e. The first-order valence-electron chi connectivity index (χ1n) is 6.25. The number of para-hydroxylation sites is 1. The lowest BCUT2D eigenvalue weighted by Crippen LogP contribution is -2.13. The molecule has 2 aromatic carbocycles. The van der Waals surface area contributed by atoms with Crippen LogP contribution in [0, 0.1) is 5.82 Å². The Hall–Kier alpha value is -2.27. The van der Waals surface area contributed by atoms with Crippen molar-refractivity contribution in [3.63, 3.8) is 0 Å². The van der Waals surface area contributed by atoms with E-state index >= 15 is 0 Å². The van der Waals surface area contributed by atoms with Crippen LogP contribution >= 0.6 is 15.9 Å². The van der Waals surface area contributed by atoms with Crippen LogP contribution in [0.15, 0.2) is 59.2 Å². The number of anilines is 1. The maximum absolute atomic E-state index is 13.3. The van der Waals surface area contributed by atoms with Crippen molar-refractivity contribution in [3.8, 4) is 0 Å². The molecule has 0 bridgehead atoms. The Balaban J connectivity index is 1.99. The number of fused-ring (bicyclic) bond motifs is 1. The molecule has 0 saturated heterocycles. The maximum Gasteiger partial charge on any atom is 0.256 e. The summed E-state index contributed by atoms with van der Waals surface area (Å²) in [5, 5.41) is 3.70. The standard InChI is InChI=1S/C16H10BrFN2O/c17-13-7-6-11(18)9-12(13)16(21)20-14-5-1-3-10-4-2-8-19-15(10)14/h1-9H,(H,20,21). The van der Waals surface area contributed by atoms with Gasteiger partial charge in [-0.1, -0.05) is 18.2 Å². The zero-order valence-electron chi connectivity index (χ0n) is 10.8. The number of rotatable bonds is 2. The molecule has 0 aliphatic rings. The molecule has 0 saturated carbocycles. The summed E-state index contributed by atoms with van der Waals surface area (Å²) in [6, 6.07) is 13.2. The van der Waals surface area contributed by atoms with Crippen LogP contribution in [0.2, 0.25) is 0 Å². The SMILES string of the molecule is O=C(Nc1cccc2cccnc12)c1cc(F)ccc1Br. The molecule has 1 amide bonds. The minimum Gasteiger partial charge on any atom is -0.320 e. The molecule has 0 fully saturated rings. The molecule has 1 heterocycles. The van der Waals surface area contributed by atoms with E-state index < -0.39 is 5.82 Å². The molecule has 0 aliphatic carbocycles. The topological polar surface area (TPSA) is 42.0 Å². The molecule has 0 aliphatic heterocycles. The van der Waals surface area contributed by atoms with Crippen LogP contribution in [0.4, 0.5) is 10.1 Å². The lowest BCUT2D eigenvalue weighted by molar-refractivity contribution is 0.102. The highest BCUT2D eigenvalue weighted by Gasteiger charge is 2.13. The predicted molar refractivity (Wildman–Crippen MR) is 83.8 cm³/mol. The molecular formula is C16H10BrFN2O. The minimum atomic E-state index is -0.459. The third kappa shape index (κ3) is 2.78. The van der Waals surface area contributed by atoms with Crippen LogP contribution < -0.4 is 5.32 Å². The zero-order valence-corrected chi connectivity index (χ0v) is 12.4. The highest BCUT2D eigenvalue weighted by atomic mass is 79.9. The summed E-state index contributed by atoms with van der Waals surface area (Å²) in [6.07, 6.45) is 1.66. The first-order chi connectivity index (χ1) is 10.1. The summed E-state index contributed by atoms with van der Waals surface area (Å²) in [5.74, 6) is -0.848. The number of benzene rings is 2. The van der Waals surface area contributed by atoms with Gasteiger partial charge in [0.05, 0.1) is 16.8 Å². The number of nitrogens with one attached hydrogen (secondary N) is 1. The zero-order chi connectivity index (χ0) is 14.8. The molecule has 5 heteroatoms. The Kier molecular flexibility index (Phi) is 3.66. The summed E-state index contributed by atoms with van der Waals surface area (Å²) in [7, 11) is 0. The molecule has 3 rings (SSSR count). The number of carbonyl (C=O) groups is 1. The largest absolute Gasteiger partial charge is 0.320 e. The molecule has 1 N–H and O–H groups in total. The van der Waals surface area contributed by atoms with E-state index in [0.717, 1.165) is 5.39 Å². The summed E-state index contributed by atoms with van der Waals surface area (Å²) >= 11 is 3.25. The second kappa shape index (κ2) is 5.61. The summed E-state index contributed by atoms with van der Waals surface area (Å²) in [4.78, 5) is 16.6. The fourth-order valence-corrected chi connectivity index (χ4v) is 2.49.